The van der Waals surface area contributed by atoms with Gasteiger partial charge < -0.3 is 24.8 Å². The zero-order valence-corrected chi connectivity index (χ0v) is 20.9. The van der Waals surface area contributed by atoms with E-state index in [1.165, 1.54) is 10.4 Å². The van der Waals surface area contributed by atoms with E-state index in [0.29, 0.717) is 29.1 Å². The Morgan fingerprint density at radius 1 is 1.11 bits per heavy atom. The molecule has 5 rings (SSSR count). The second-order valence-corrected chi connectivity index (χ2v) is 9.83. The molecule has 0 spiro atoms. The molecule has 1 aliphatic rings. The van der Waals surface area contributed by atoms with Gasteiger partial charge in [-0.3, -0.25) is 4.79 Å². The van der Waals surface area contributed by atoms with Crippen molar-refractivity contribution in [1.29, 1.82) is 0 Å². The van der Waals surface area contributed by atoms with Crippen molar-refractivity contribution < 1.29 is 19.1 Å². The highest BCUT2D eigenvalue weighted by Crippen LogP contribution is 2.44. The quantitative estimate of drug-likeness (QED) is 0.244. The summed E-state index contributed by atoms with van der Waals surface area (Å²) in [4.78, 5) is 38.6. The maximum atomic E-state index is 13.4. The molecule has 0 atom stereocenters. The molecule has 0 unspecified atom stereocenters. The van der Waals surface area contributed by atoms with Gasteiger partial charge in [0.2, 0.25) is 0 Å². The highest BCUT2D eigenvalue weighted by atomic mass is 32.1. The van der Waals surface area contributed by atoms with Gasteiger partial charge in [0.1, 0.15) is 23.1 Å². The molecule has 3 heterocycles. The van der Waals surface area contributed by atoms with Crippen LogP contribution in [-0.2, 0) is 22.3 Å². The number of anilines is 1. The third-order valence-electron chi connectivity index (χ3n) is 6.41. The van der Waals surface area contributed by atoms with E-state index in [4.69, 9.17) is 14.5 Å². The van der Waals surface area contributed by atoms with Crippen molar-refractivity contribution in [2.45, 2.75) is 39.5 Å². The van der Waals surface area contributed by atoms with Gasteiger partial charge in [-0.25, -0.2) is 9.78 Å². The Morgan fingerprint density at radius 2 is 1.91 bits per heavy atom. The van der Waals surface area contributed by atoms with Gasteiger partial charge in [-0.2, -0.15) is 0 Å². The number of aryl methyl sites for hydroxylation is 2. The van der Waals surface area contributed by atoms with E-state index in [9.17, 15) is 9.59 Å². The number of methoxy groups -OCH3 is 1. The fourth-order valence-electron chi connectivity index (χ4n) is 4.71. The molecule has 0 radical (unpaired) electrons. The second kappa shape index (κ2) is 9.67. The van der Waals surface area contributed by atoms with Crippen LogP contribution in [0, 0.1) is 13.8 Å². The first-order valence-corrected chi connectivity index (χ1v) is 12.6. The first-order chi connectivity index (χ1) is 17.0. The van der Waals surface area contributed by atoms with E-state index >= 15 is 0 Å². The van der Waals surface area contributed by atoms with Gasteiger partial charge in [0.15, 0.2) is 0 Å². The predicted octanol–water partition coefficient (Wildman–Crippen LogP) is 5.17. The summed E-state index contributed by atoms with van der Waals surface area (Å²) >= 11 is 1.62. The van der Waals surface area contributed by atoms with Crippen LogP contribution in [0.2, 0.25) is 0 Å². The molecule has 35 heavy (non-hydrogen) atoms. The fraction of sp³-hybridized carbons (Fsp3) is 0.346. The summed E-state index contributed by atoms with van der Waals surface area (Å²) in [5.41, 5.74) is 5.97. The maximum absolute atomic E-state index is 13.4. The number of rotatable bonds is 7. The summed E-state index contributed by atoms with van der Waals surface area (Å²) in [7, 11) is 1.55. The molecule has 1 aliphatic carbocycles. The molecule has 3 N–H and O–H groups in total. The molecule has 0 fully saturated rings. The number of nitrogens with one attached hydrogen (secondary N) is 3. The van der Waals surface area contributed by atoms with Crippen molar-refractivity contribution >= 4 is 39.2 Å². The van der Waals surface area contributed by atoms with Gasteiger partial charge in [0.05, 0.1) is 28.8 Å². The average Bonchev–Trinajstić information content (AvgIpc) is 3.51. The second-order valence-electron chi connectivity index (χ2n) is 8.73. The zero-order valence-electron chi connectivity index (χ0n) is 20.0. The molecule has 0 aliphatic heterocycles. The number of aromatic nitrogens is 3. The number of para-hydroxylation sites is 2. The lowest BCUT2D eigenvalue weighted by atomic mass is 9.95. The first kappa shape index (κ1) is 23.3. The van der Waals surface area contributed by atoms with Crippen molar-refractivity contribution in [2.75, 3.05) is 25.6 Å². The van der Waals surface area contributed by atoms with E-state index in [-0.39, 0.29) is 12.5 Å². The average molecular weight is 493 g/mol. The van der Waals surface area contributed by atoms with Crippen LogP contribution in [0.4, 0.5) is 5.00 Å². The summed E-state index contributed by atoms with van der Waals surface area (Å²) in [6.45, 7) is 3.99. The van der Waals surface area contributed by atoms with E-state index in [1.807, 2.05) is 24.3 Å². The first-order valence-electron chi connectivity index (χ1n) is 11.7. The number of hydrogen-bond donors (Lipinski definition) is 3. The predicted molar refractivity (Wildman–Crippen MR) is 136 cm³/mol. The Bertz CT molecular complexity index is 1380. The molecule has 1 aromatic carbocycles. The lowest BCUT2D eigenvalue weighted by molar-refractivity contribution is 0.0387. The van der Waals surface area contributed by atoms with E-state index in [2.05, 4.69) is 15.3 Å². The molecule has 9 heteroatoms. The van der Waals surface area contributed by atoms with Crippen molar-refractivity contribution in [2.24, 2.45) is 0 Å². The van der Waals surface area contributed by atoms with Crippen LogP contribution in [0.1, 0.15) is 55.4 Å². The van der Waals surface area contributed by atoms with Crippen LogP contribution in [0.15, 0.2) is 24.3 Å². The summed E-state index contributed by atoms with van der Waals surface area (Å²) in [5.74, 6) is 0.00194. The smallest absolute Gasteiger partial charge is 0.340 e. The van der Waals surface area contributed by atoms with Gasteiger partial charge in [-0.05, 0) is 62.8 Å². The van der Waals surface area contributed by atoms with Crippen LogP contribution < -0.4 is 5.32 Å². The number of nitrogens with zero attached hydrogens (tertiary/aromatic N) is 1. The minimum Gasteiger partial charge on any atom is -0.460 e. The number of aromatic amines is 2. The number of imidazole rings is 1. The van der Waals surface area contributed by atoms with E-state index in [0.717, 1.165) is 53.1 Å². The molecule has 0 bridgehead atoms. The van der Waals surface area contributed by atoms with E-state index in [1.54, 1.807) is 32.3 Å². The number of amides is 1. The lowest BCUT2D eigenvalue weighted by Crippen LogP contribution is -2.14. The molecule has 182 valence electrons. The van der Waals surface area contributed by atoms with E-state index < -0.39 is 5.97 Å². The summed E-state index contributed by atoms with van der Waals surface area (Å²) < 4.78 is 10.2. The molecule has 3 aromatic heterocycles. The minimum atomic E-state index is -0.470. The largest absolute Gasteiger partial charge is 0.460 e. The normalized spacial score (nSPS) is 13.1. The number of carbonyl (C=O) groups excluding carboxylic acids is 2. The highest BCUT2D eigenvalue weighted by molar-refractivity contribution is 7.17. The molecule has 1 amide bonds. The summed E-state index contributed by atoms with van der Waals surface area (Å²) in [6.07, 6.45) is 4.23. The number of hydrogen-bond acceptors (Lipinski definition) is 6. The number of thiophene rings is 1. The zero-order chi connectivity index (χ0) is 24.5. The van der Waals surface area contributed by atoms with Crippen LogP contribution in [-0.4, -0.2) is 47.2 Å². The van der Waals surface area contributed by atoms with Crippen molar-refractivity contribution in [1.82, 2.24) is 15.0 Å². The summed E-state index contributed by atoms with van der Waals surface area (Å²) in [5, 5.41) is 3.89. The SMILES string of the molecule is COCCOC(=O)c1c(C)[nH]c(C(=O)Nc2sc3c(c2-c2nc4ccccc4[nH]2)CCCC3)c1C. The third kappa shape index (κ3) is 4.37. The van der Waals surface area contributed by atoms with Crippen molar-refractivity contribution in [3.05, 3.63) is 57.2 Å². The number of ether oxygens (including phenoxy) is 2. The Hall–Kier alpha value is -3.43. The Balaban J connectivity index is 1.48. The molecular weight excluding hydrogens is 464 g/mol. The summed E-state index contributed by atoms with van der Waals surface area (Å²) in [6, 6.07) is 7.92. The monoisotopic (exact) mass is 492 g/mol. The molecule has 0 saturated heterocycles. The Labute approximate surface area is 207 Å². The van der Waals surface area contributed by atoms with Gasteiger partial charge in [0.25, 0.3) is 5.91 Å². The minimum absolute atomic E-state index is 0.155. The van der Waals surface area contributed by atoms with Crippen LogP contribution in [0.25, 0.3) is 22.4 Å². The van der Waals surface area contributed by atoms with Crippen molar-refractivity contribution in [3.8, 4) is 11.4 Å². The number of H-pyrrole nitrogens is 2. The van der Waals surface area contributed by atoms with Crippen LogP contribution in [0.3, 0.4) is 0 Å². The molecule has 0 saturated carbocycles. The fourth-order valence-corrected chi connectivity index (χ4v) is 6.00. The topological polar surface area (TPSA) is 109 Å². The Kier molecular flexibility index (Phi) is 6.44. The van der Waals surface area contributed by atoms with Gasteiger partial charge in [0, 0.05) is 17.7 Å². The maximum Gasteiger partial charge on any atom is 0.340 e. The van der Waals surface area contributed by atoms with Crippen LogP contribution in [0.5, 0.6) is 0 Å². The number of benzene rings is 1. The number of fused-ring (bicyclic) bond motifs is 2. The standard InChI is InChI=1S/C26H28N4O4S/c1-14-20(26(32)34-13-12-33-3)15(2)27-22(14)24(31)30-25-21(16-8-4-7-11-19(16)35-25)23-28-17-9-5-6-10-18(17)29-23/h5-6,9-10,27H,4,7-8,11-13H2,1-3H3,(H,28,29)(H,30,31). The Morgan fingerprint density at radius 3 is 2.71 bits per heavy atom. The molecular formula is C26H28N4O4S. The van der Waals surface area contributed by atoms with Gasteiger partial charge in [-0.1, -0.05) is 12.1 Å². The number of esters is 1. The number of carbonyl (C=O) groups is 2. The van der Waals surface area contributed by atoms with Crippen LogP contribution >= 0.6 is 11.3 Å². The van der Waals surface area contributed by atoms with Gasteiger partial charge >= 0.3 is 5.97 Å². The molecule has 4 aromatic rings. The van der Waals surface area contributed by atoms with Crippen molar-refractivity contribution in [3.63, 3.8) is 0 Å². The molecule has 8 nitrogen and oxygen atoms in total. The lowest BCUT2D eigenvalue weighted by Gasteiger charge is -2.12. The highest BCUT2D eigenvalue weighted by Gasteiger charge is 2.27. The third-order valence-corrected chi connectivity index (χ3v) is 7.62. The van der Waals surface area contributed by atoms with Gasteiger partial charge in [-0.15, -0.1) is 11.3 Å².